The van der Waals surface area contributed by atoms with E-state index in [2.05, 4.69) is 21.2 Å². The number of nitrogens with one attached hydrogen (secondary N) is 1. The molecule has 0 heterocycles. The van der Waals surface area contributed by atoms with E-state index >= 15 is 0 Å². The zero-order valence-electron chi connectivity index (χ0n) is 17.3. The molecule has 0 saturated heterocycles. The molecule has 0 bridgehead atoms. The van der Waals surface area contributed by atoms with Crippen molar-refractivity contribution < 1.29 is 14.3 Å². The average molecular weight is 481 g/mol. The maximum absolute atomic E-state index is 13.3. The number of halogens is 1. The third kappa shape index (κ3) is 6.69. The number of hydrogen-bond acceptors (Lipinski definition) is 3. The second-order valence-electron chi connectivity index (χ2n) is 7.07. The minimum Gasteiger partial charge on any atom is -0.484 e. The fraction of sp³-hybridized carbons (Fsp3) is 0.200. The molecule has 3 aromatic rings. The van der Waals surface area contributed by atoms with Crippen molar-refractivity contribution in [3.05, 3.63) is 101 Å². The zero-order valence-corrected chi connectivity index (χ0v) is 18.9. The van der Waals surface area contributed by atoms with Crippen molar-refractivity contribution >= 4 is 27.7 Å². The summed E-state index contributed by atoms with van der Waals surface area (Å²) in [6, 6.07) is 25.9. The predicted octanol–water partition coefficient (Wildman–Crippen LogP) is 4.21. The van der Waals surface area contributed by atoms with Crippen LogP contribution in [0.5, 0.6) is 5.75 Å². The fourth-order valence-corrected chi connectivity index (χ4v) is 3.52. The summed E-state index contributed by atoms with van der Waals surface area (Å²) in [5, 5.41) is 2.71. The van der Waals surface area contributed by atoms with E-state index in [4.69, 9.17) is 4.74 Å². The van der Waals surface area contributed by atoms with Crippen LogP contribution in [0.25, 0.3) is 0 Å². The molecule has 0 aliphatic rings. The van der Waals surface area contributed by atoms with Crippen LogP contribution in [0.4, 0.5) is 0 Å². The van der Waals surface area contributed by atoms with Gasteiger partial charge in [0.2, 0.25) is 5.91 Å². The Morgan fingerprint density at radius 2 is 1.52 bits per heavy atom. The van der Waals surface area contributed by atoms with Crippen LogP contribution in [0, 0.1) is 0 Å². The number of para-hydroxylation sites is 1. The maximum Gasteiger partial charge on any atom is 0.261 e. The number of likely N-dealkylation sites (N-methyl/N-ethyl adjacent to an activating group) is 1. The van der Waals surface area contributed by atoms with Gasteiger partial charge in [-0.25, -0.2) is 0 Å². The summed E-state index contributed by atoms with van der Waals surface area (Å²) in [5.74, 6) is 0.143. The first-order chi connectivity index (χ1) is 15.1. The number of benzene rings is 3. The number of carbonyl (C=O) groups excluding carboxylic acids is 2. The molecule has 160 valence electrons. The summed E-state index contributed by atoms with van der Waals surface area (Å²) in [7, 11) is 1.59. The SMILES string of the molecule is CNC(=O)[C@@H](Cc1ccccc1)N(Cc1ccc(Br)cc1)C(=O)COc1ccccc1. The molecule has 0 radical (unpaired) electrons. The van der Waals surface area contributed by atoms with Crippen molar-refractivity contribution in [2.45, 2.75) is 19.0 Å². The van der Waals surface area contributed by atoms with Gasteiger partial charge in [0.15, 0.2) is 6.61 Å². The van der Waals surface area contributed by atoms with Gasteiger partial charge in [-0.05, 0) is 35.4 Å². The van der Waals surface area contributed by atoms with Gasteiger partial charge in [-0.1, -0.05) is 76.6 Å². The molecule has 0 aromatic heterocycles. The van der Waals surface area contributed by atoms with E-state index in [0.29, 0.717) is 18.7 Å². The van der Waals surface area contributed by atoms with Gasteiger partial charge in [-0.15, -0.1) is 0 Å². The quantitative estimate of drug-likeness (QED) is 0.498. The summed E-state index contributed by atoms with van der Waals surface area (Å²) >= 11 is 3.43. The van der Waals surface area contributed by atoms with E-state index in [1.807, 2.05) is 72.8 Å². The molecule has 1 atom stereocenters. The summed E-state index contributed by atoms with van der Waals surface area (Å²) in [6.07, 6.45) is 0.411. The fourth-order valence-electron chi connectivity index (χ4n) is 3.25. The predicted molar refractivity (Wildman–Crippen MR) is 125 cm³/mol. The van der Waals surface area contributed by atoms with Gasteiger partial charge in [0.25, 0.3) is 5.91 Å². The Morgan fingerprint density at radius 3 is 2.13 bits per heavy atom. The van der Waals surface area contributed by atoms with Crippen molar-refractivity contribution in [1.29, 1.82) is 0 Å². The van der Waals surface area contributed by atoms with E-state index in [1.165, 1.54) is 0 Å². The molecule has 3 aromatic carbocycles. The van der Waals surface area contributed by atoms with Crippen LogP contribution in [0.15, 0.2) is 89.4 Å². The van der Waals surface area contributed by atoms with Gasteiger partial charge in [-0.3, -0.25) is 9.59 Å². The van der Waals surface area contributed by atoms with Crippen LogP contribution in [0.3, 0.4) is 0 Å². The monoisotopic (exact) mass is 480 g/mol. The van der Waals surface area contributed by atoms with Crippen LogP contribution in [-0.4, -0.2) is 36.4 Å². The topological polar surface area (TPSA) is 58.6 Å². The van der Waals surface area contributed by atoms with Crippen LogP contribution < -0.4 is 10.1 Å². The highest BCUT2D eigenvalue weighted by molar-refractivity contribution is 9.10. The second-order valence-corrected chi connectivity index (χ2v) is 7.99. The van der Waals surface area contributed by atoms with Crippen LogP contribution >= 0.6 is 15.9 Å². The number of amides is 2. The van der Waals surface area contributed by atoms with Crippen LogP contribution in [-0.2, 0) is 22.6 Å². The Balaban J connectivity index is 1.86. The van der Waals surface area contributed by atoms with Crippen molar-refractivity contribution in [2.75, 3.05) is 13.7 Å². The smallest absolute Gasteiger partial charge is 0.261 e. The lowest BCUT2D eigenvalue weighted by molar-refractivity contribution is -0.142. The standard InChI is InChI=1S/C25H25BrN2O3/c1-27-25(30)23(16-19-8-4-2-5-9-19)28(17-20-12-14-21(26)15-13-20)24(29)18-31-22-10-6-3-7-11-22/h2-15,23H,16-18H2,1H3,(H,27,30)/t23-/m1/s1. The Kier molecular flexibility index (Phi) is 8.24. The molecule has 0 saturated carbocycles. The molecular weight excluding hydrogens is 456 g/mol. The van der Waals surface area contributed by atoms with Gasteiger partial charge >= 0.3 is 0 Å². The van der Waals surface area contributed by atoms with Crippen molar-refractivity contribution in [3.8, 4) is 5.75 Å². The Morgan fingerprint density at radius 1 is 0.903 bits per heavy atom. The maximum atomic E-state index is 13.3. The zero-order chi connectivity index (χ0) is 22.1. The van der Waals surface area contributed by atoms with E-state index in [0.717, 1.165) is 15.6 Å². The third-order valence-electron chi connectivity index (χ3n) is 4.89. The molecule has 3 rings (SSSR count). The van der Waals surface area contributed by atoms with Gasteiger partial charge in [0.1, 0.15) is 11.8 Å². The van der Waals surface area contributed by atoms with Gasteiger partial charge in [0, 0.05) is 24.5 Å². The van der Waals surface area contributed by atoms with E-state index in [-0.39, 0.29) is 18.4 Å². The number of carbonyl (C=O) groups is 2. The summed E-state index contributed by atoms with van der Waals surface area (Å²) < 4.78 is 6.64. The molecule has 0 spiro atoms. The molecule has 2 amide bonds. The number of hydrogen-bond donors (Lipinski definition) is 1. The number of rotatable bonds is 9. The highest BCUT2D eigenvalue weighted by Gasteiger charge is 2.30. The normalized spacial score (nSPS) is 11.4. The van der Waals surface area contributed by atoms with E-state index < -0.39 is 6.04 Å². The molecule has 31 heavy (non-hydrogen) atoms. The lowest BCUT2D eigenvalue weighted by Gasteiger charge is -2.31. The molecule has 1 N–H and O–H groups in total. The van der Waals surface area contributed by atoms with Crippen LogP contribution in [0.2, 0.25) is 0 Å². The Bertz CT molecular complexity index is 979. The first-order valence-electron chi connectivity index (χ1n) is 10.0. The van der Waals surface area contributed by atoms with Crippen LogP contribution in [0.1, 0.15) is 11.1 Å². The Hall–Kier alpha value is -3.12. The Labute approximate surface area is 191 Å². The summed E-state index contributed by atoms with van der Waals surface area (Å²) in [6.45, 7) is 0.151. The molecule has 0 aliphatic heterocycles. The second kappa shape index (κ2) is 11.3. The van der Waals surface area contributed by atoms with E-state index in [9.17, 15) is 9.59 Å². The highest BCUT2D eigenvalue weighted by Crippen LogP contribution is 2.17. The van der Waals surface area contributed by atoms with Gasteiger partial charge < -0.3 is 15.0 Å². The van der Waals surface area contributed by atoms with Gasteiger partial charge in [0.05, 0.1) is 0 Å². The molecule has 0 aliphatic carbocycles. The minimum absolute atomic E-state index is 0.150. The average Bonchev–Trinajstić information content (AvgIpc) is 2.81. The summed E-state index contributed by atoms with van der Waals surface area (Å²) in [5.41, 5.74) is 1.91. The molecule has 0 fully saturated rings. The third-order valence-corrected chi connectivity index (χ3v) is 5.42. The lowest BCUT2D eigenvalue weighted by Crippen LogP contribution is -2.51. The summed E-state index contributed by atoms with van der Waals surface area (Å²) in [4.78, 5) is 27.7. The van der Waals surface area contributed by atoms with Crippen molar-refractivity contribution in [3.63, 3.8) is 0 Å². The molecule has 6 heteroatoms. The van der Waals surface area contributed by atoms with Crippen molar-refractivity contribution in [1.82, 2.24) is 10.2 Å². The first kappa shape index (κ1) is 22.6. The molecule has 0 unspecified atom stereocenters. The van der Waals surface area contributed by atoms with Gasteiger partial charge in [-0.2, -0.15) is 0 Å². The highest BCUT2D eigenvalue weighted by atomic mass is 79.9. The lowest BCUT2D eigenvalue weighted by atomic mass is 10.0. The largest absolute Gasteiger partial charge is 0.484 e. The number of ether oxygens (including phenoxy) is 1. The minimum atomic E-state index is -0.664. The van der Waals surface area contributed by atoms with E-state index in [1.54, 1.807) is 24.1 Å². The first-order valence-corrected chi connectivity index (χ1v) is 10.8. The number of nitrogens with zero attached hydrogens (tertiary/aromatic N) is 1. The molecule has 5 nitrogen and oxygen atoms in total. The van der Waals surface area contributed by atoms with Crippen molar-refractivity contribution in [2.24, 2.45) is 0 Å². The molecular formula is C25H25BrN2O3.